The molecule has 3 rings (SSSR count). The standard InChI is InChI=1S/C13H12FN7/c1-20(10-5-2-4-9(14)8-10)12-17-11(15)18-13(19-12)21-7-3-6-16-21/h2-8H,1H3,(H2,15,17,18,19). The number of nitrogen functional groups attached to an aromatic ring is 1. The molecule has 0 aliphatic carbocycles. The van der Waals surface area contributed by atoms with Gasteiger partial charge in [-0.15, -0.1) is 0 Å². The molecule has 0 amide bonds. The largest absolute Gasteiger partial charge is 0.368 e. The van der Waals surface area contributed by atoms with Crippen molar-refractivity contribution >= 4 is 17.6 Å². The lowest BCUT2D eigenvalue weighted by Crippen LogP contribution is -2.17. The van der Waals surface area contributed by atoms with Crippen LogP contribution in [0.1, 0.15) is 0 Å². The van der Waals surface area contributed by atoms with Crippen LogP contribution in [-0.4, -0.2) is 31.8 Å². The van der Waals surface area contributed by atoms with Gasteiger partial charge in [-0.3, -0.25) is 0 Å². The first-order valence-corrected chi connectivity index (χ1v) is 6.14. The van der Waals surface area contributed by atoms with Crippen LogP contribution < -0.4 is 10.6 Å². The fraction of sp³-hybridized carbons (Fsp3) is 0.0769. The minimum atomic E-state index is -0.339. The Bertz CT molecular complexity index is 757. The molecule has 0 unspecified atom stereocenters. The van der Waals surface area contributed by atoms with E-state index in [0.29, 0.717) is 17.6 Å². The maximum Gasteiger partial charge on any atom is 0.257 e. The third-order valence-corrected chi connectivity index (χ3v) is 2.83. The average Bonchev–Trinajstić information content (AvgIpc) is 3.00. The number of aromatic nitrogens is 5. The topological polar surface area (TPSA) is 85.8 Å². The molecule has 0 radical (unpaired) electrons. The normalized spacial score (nSPS) is 10.6. The maximum atomic E-state index is 13.3. The number of anilines is 3. The Labute approximate surface area is 119 Å². The highest BCUT2D eigenvalue weighted by atomic mass is 19.1. The van der Waals surface area contributed by atoms with Crippen LogP contribution in [0.25, 0.3) is 5.95 Å². The Morgan fingerprint density at radius 2 is 2.05 bits per heavy atom. The Kier molecular flexibility index (Phi) is 3.19. The molecule has 0 bridgehead atoms. The third kappa shape index (κ3) is 2.64. The van der Waals surface area contributed by atoms with Crippen molar-refractivity contribution in [3.8, 4) is 5.95 Å². The molecule has 0 aliphatic rings. The van der Waals surface area contributed by atoms with Crippen molar-refractivity contribution < 1.29 is 4.39 Å². The Balaban J connectivity index is 2.02. The fourth-order valence-corrected chi connectivity index (χ4v) is 1.81. The number of hydrogen-bond donors (Lipinski definition) is 1. The first kappa shape index (κ1) is 13.0. The zero-order chi connectivity index (χ0) is 14.8. The predicted molar refractivity (Wildman–Crippen MR) is 75.8 cm³/mol. The van der Waals surface area contributed by atoms with Crippen LogP contribution in [0.3, 0.4) is 0 Å². The molecule has 3 aromatic rings. The summed E-state index contributed by atoms with van der Waals surface area (Å²) in [6.07, 6.45) is 3.30. The van der Waals surface area contributed by atoms with Gasteiger partial charge in [0.25, 0.3) is 5.95 Å². The summed E-state index contributed by atoms with van der Waals surface area (Å²) in [5.41, 5.74) is 6.31. The molecule has 7 nitrogen and oxygen atoms in total. The van der Waals surface area contributed by atoms with E-state index < -0.39 is 0 Å². The van der Waals surface area contributed by atoms with Crippen molar-refractivity contribution in [3.63, 3.8) is 0 Å². The smallest absolute Gasteiger partial charge is 0.257 e. The van der Waals surface area contributed by atoms with Crippen LogP contribution in [0.2, 0.25) is 0 Å². The molecule has 106 valence electrons. The molecule has 8 heteroatoms. The molecule has 0 saturated carbocycles. The van der Waals surface area contributed by atoms with E-state index in [2.05, 4.69) is 20.1 Å². The molecule has 2 N–H and O–H groups in total. The Morgan fingerprint density at radius 1 is 1.19 bits per heavy atom. The summed E-state index contributed by atoms with van der Waals surface area (Å²) in [4.78, 5) is 14.0. The van der Waals surface area contributed by atoms with Gasteiger partial charge in [0.2, 0.25) is 11.9 Å². The lowest BCUT2D eigenvalue weighted by Gasteiger charge is -2.17. The second kappa shape index (κ2) is 5.16. The summed E-state index contributed by atoms with van der Waals surface area (Å²) in [7, 11) is 1.72. The molecule has 1 aromatic carbocycles. The molecular formula is C13H12FN7. The number of nitrogens with zero attached hydrogens (tertiary/aromatic N) is 6. The van der Waals surface area contributed by atoms with Gasteiger partial charge in [0.15, 0.2) is 0 Å². The summed E-state index contributed by atoms with van der Waals surface area (Å²) in [5.74, 6) is 0.326. The summed E-state index contributed by atoms with van der Waals surface area (Å²) < 4.78 is 14.8. The maximum absolute atomic E-state index is 13.3. The second-order valence-electron chi connectivity index (χ2n) is 4.28. The summed E-state index contributed by atoms with van der Waals surface area (Å²) in [6, 6.07) is 7.86. The van der Waals surface area contributed by atoms with Crippen molar-refractivity contribution in [1.29, 1.82) is 0 Å². The van der Waals surface area contributed by atoms with Gasteiger partial charge in [-0.2, -0.15) is 20.1 Å². The molecule has 0 atom stereocenters. The number of hydrogen-bond acceptors (Lipinski definition) is 6. The average molecular weight is 285 g/mol. The van der Waals surface area contributed by atoms with Gasteiger partial charge in [0.1, 0.15) is 5.82 Å². The van der Waals surface area contributed by atoms with Gasteiger partial charge in [0.05, 0.1) is 0 Å². The Morgan fingerprint density at radius 3 is 2.76 bits per heavy atom. The first-order chi connectivity index (χ1) is 10.1. The number of halogens is 1. The van der Waals surface area contributed by atoms with Gasteiger partial charge in [0, 0.05) is 25.1 Å². The van der Waals surface area contributed by atoms with Crippen molar-refractivity contribution in [2.45, 2.75) is 0 Å². The number of nitrogens with two attached hydrogens (primary N) is 1. The second-order valence-corrected chi connectivity index (χ2v) is 4.28. The zero-order valence-corrected chi connectivity index (χ0v) is 11.2. The lowest BCUT2D eigenvalue weighted by atomic mass is 10.3. The number of rotatable bonds is 3. The molecule has 0 spiro atoms. The van der Waals surface area contributed by atoms with E-state index in [1.54, 1.807) is 42.5 Å². The molecule has 21 heavy (non-hydrogen) atoms. The number of benzene rings is 1. The van der Waals surface area contributed by atoms with E-state index in [0.717, 1.165) is 0 Å². The highest BCUT2D eigenvalue weighted by molar-refractivity contribution is 5.57. The van der Waals surface area contributed by atoms with Crippen LogP contribution in [0.15, 0.2) is 42.7 Å². The van der Waals surface area contributed by atoms with E-state index in [9.17, 15) is 4.39 Å². The molecular weight excluding hydrogens is 273 g/mol. The van der Waals surface area contributed by atoms with E-state index in [1.165, 1.54) is 16.8 Å². The quantitative estimate of drug-likeness (QED) is 0.785. The molecule has 0 saturated heterocycles. The van der Waals surface area contributed by atoms with E-state index in [1.807, 2.05) is 0 Å². The summed E-state index contributed by atoms with van der Waals surface area (Å²) in [6.45, 7) is 0. The third-order valence-electron chi connectivity index (χ3n) is 2.83. The summed E-state index contributed by atoms with van der Waals surface area (Å²) >= 11 is 0. The molecule has 0 aliphatic heterocycles. The van der Waals surface area contributed by atoms with E-state index >= 15 is 0 Å². The minimum Gasteiger partial charge on any atom is -0.368 e. The SMILES string of the molecule is CN(c1cccc(F)c1)c1nc(N)nc(-n2cccn2)n1. The van der Waals surface area contributed by atoms with Crippen LogP contribution in [0.5, 0.6) is 0 Å². The van der Waals surface area contributed by atoms with Gasteiger partial charge >= 0.3 is 0 Å². The minimum absolute atomic E-state index is 0.0637. The zero-order valence-electron chi connectivity index (χ0n) is 11.2. The van der Waals surface area contributed by atoms with Crippen LogP contribution in [-0.2, 0) is 0 Å². The van der Waals surface area contributed by atoms with Gasteiger partial charge in [-0.05, 0) is 24.3 Å². The van der Waals surface area contributed by atoms with Crippen molar-refractivity contribution in [3.05, 3.63) is 48.5 Å². The predicted octanol–water partition coefficient (Wildman–Crippen LogP) is 1.55. The van der Waals surface area contributed by atoms with Crippen molar-refractivity contribution in [2.24, 2.45) is 0 Å². The van der Waals surface area contributed by atoms with Crippen molar-refractivity contribution in [1.82, 2.24) is 24.7 Å². The summed E-state index contributed by atoms with van der Waals surface area (Å²) in [5, 5.41) is 4.04. The molecule has 2 heterocycles. The van der Waals surface area contributed by atoms with E-state index in [4.69, 9.17) is 5.73 Å². The van der Waals surface area contributed by atoms with Crippen LogP contribution >= 0.6 is 0 Å². The van der Waals surface area contributed by atoms with Crippen molar-refractivity contribution in [2.75, 3.05) is 17.7 Å². The molecule has 2 aromatic heterocycles. The van der Waals surface area contributed by atoms with Gasteiger partial charge in [-0.25, -0.2) is 9.07 Å². The lowest BCUT2D eigenvalue weighted by molar-refractivity contribution is 0.628. The monoisotopic (exact) mass is 285 g/mol. The van der Waals surface area contributed by atoms with Crippen LogP contribution in [0.4, 0.5) is 22.0 Å². The van der Waals surface area contributed by atoms with Gasteiger partial charge in [-0.1, -0.05) is 6.07 Å². The molecule has 0 fully saturated rings. The van der Waals surface area contributed by atoms with E-state index in [-0.39, 0.29) is 11.8 Å². The fourth-order valence-electron chi connectivity index (χ4n) is 1.81. The van der Waals surface area contributed by atoms with Crippen LogP contribution in [0, 0.1) is 5.82 Å². The van der Waals surface area contributed by atoms with Gasteiger partial charge < -0.3 is 10.6 Å². The highest BCUT2D eigenvalue weighted by Crippen LogP contribution is 2.21. The highest BCUT2D eigenvalue weighted by Gasteiger charge is 2.12. The Hall–Kier alpha value is -3.03. The first-order valence-electron chi connectivity index (χ1n) is 6.14.